The molecule has 0 saturated carbocycles. The van der Waals surface area contributed by atoms with E-state index in [0.717, 1.165) is 22.8 Å². The van der Waals surface area contributed by atoms with Gasteiger partial charge in [0.1, 0.15) is 0 Å². The van der Waals surface area contributed by atoms with E-state index in [0.29, 0.717) is 23.2 Å². The third-order valence-electron chi connectivity index (χ3n) is 3.64. The summed E-state index contributed by atoms with van der Waals surface area (Å²) in [6.07, 6.45) is 1.76. The molecule has 0 spiro atoms. The first kappa shape index (κ1) is 17.4. The molecule has 0 unspecified atom stereocenters. The van der Waals surface area contributed by atoms with Gasteiger partial charge < -0.3 is 10.2 Å². The molecule has 0 bridgehead atoms. The molecule has 0 aliphatic rings. The first-order valence-electron chi connectivity index (χ1n) is 7.99. The Balaban J connectivity index is 2.00. The van der Waals surface area contributed by atoms with E-state index in [-0.39, 0.29) is 0 Å². The van der Waals surface area contributed by atoms with Crippen LogP contribution >= 0.6 is 11.6 Å². The van der Waals surface area contributed by atoms with Gasteiger partial charge in [0.25, 0.3) is 0 Å². The molecule has 0 atom stereocenters. The fourth-order valence-electron chi connectivity index (χ4n) is 2.55. The molecule has 0 saturated heterocycles. The maximum absolute atomic E-state index is 5.97. The van der Waals surface area contributed by atoms with Crippen LogP contribution < -0.4 is 5.32 Å². The van der Waals surface area contributed by atoms with Crippen LogP contribution in [0.5, 0.6) is 0 Å². The number of aryl methyl sites for hydroxylation is 2. The number of rotatable bonds is 5. The van der Waals surface area contributed by atoms with Crippen molar-refractivity contribution in [3.8, 4) is 5.82 Å². The maximum atomic E-state index is 5.97. The molecule has 0 fully saturated rings. The fourth-order valence-corrected chi connectivity index (χ4v) is 2.68. The van der Waals surface area contributed by atoms with Gasteiger partial charge >= 0.3 is 0 Å². The van der Waals surface area contributed by atoms with Crippen LogP contribution in [0, 0.1) is 13.8 Å². The van der Waals surface area contributed by atoms with Crippen molar-refractivity contribution in [3.63, 3.8) is 0 Å². The number of halogens is 1. The number of benzene rings is 1. The number of hydrogen-bond donors (Lipinski definition) is 1. The normalized spacial score (nSPS) is 11.1. The van der Waals surface area contributed by atoms with Crippen molar-refractivity contribution >= 4 is 23.1 Å². The molecule has 2 heterocycles. The van der Waals surface area contributed by atoms with Gasteiger partial charge in [0.2, 0.25) is 0 Å². The molecule has 130 valence electrons. The zero-order valence-corrected chi connectivity index (χ0v) is 15.5. The lowest BCUT2D eigenvalue weighted by Gasteiger charge is -2.15. The summed E-state index contributed by atoms with van der Waals surface area (Å²) in [5.41, 5.74) is 3.74. The zero-order valence-electron chi connectivity index (χ0n) is 14.8. The number of nitrogens with zero attached hydrogens (tertiary/aromatic N) is 5. The highest BCUT2D eigenvalue weighted by molar-refractivity contribution is 6.30. The highest BCUT2D eigenvalue weighted by Gasteiger charge is 2.12. The van der Waals surface area contributed by atoms with Crippen LogP contribution in [0.4, 0.5) is 11.5 Å². The summed E-state index contributed by atoms with van der Waals surface area (Å²) in [6.45, 7) is 4.65. The Morgan fingerprint density at radius 1 is 1.16 bits per heavy atom. The zero-order chi connectivity index (χ0) is 18.0. The highest BCUT2D eigenvalue weighted by Crippen LogP contribution is 2.22. The molecule has 3 rings (SSSR count). The van der Waals surface area contributed by atoms with Crippen LogP contribution in [0.2, 0.25) is 5.02 Å². The van der Waals surface area contributed by atoms with Gasteiger partial charge in [-0.15, -0.1) is 0 Å². The maximum Gasteiger partial charge on any atom is 0.174 e. The van der Waals surface area contributed by atoms with Gasteiger partial charge in [-0.2, -0.15) is 5.10 Å². The fraction of sp³-hybridized carbons (Fsp3) is 0.278. The first-order chi connectivity index (χ1) is 11.9. The van der Waals surface area contributed by atoms with Gasteiger partial charge in [0.15, 0.2) is 11.6 Å². The molecule has 7 heteroatoms. The Morgan fingerprint density at radius 3 is 2.48 bits per heavy atom. The van der Waals surface area contributed by atoms with E-state index in [2.05, 4.69) is 20.3 Å². The first-order valence-corrected chi connectivity index (χ1v) is 8.37. The van der Waals surface area contributed by atoms with Crippen molar-refractivity contribution in [2.45, 2.75) is 20.4 Å². The minimum Gasteiger partial charge on any atom is -0.339 e. The van der Waals surface area contributed by atoms with Gasteiger partial charge in [-0.05, 0) is 58.3 Å². The third kappa shape index (κ3) is 4.15. The van der Waals surface area contributed by atoms with Crippen LogP contribution in [0.3, 0.4) is 0 Å². The number of aromatic nitrogens is 4. The van der Waals surface area contributed by atoms with E-state index >= 15 is 0 Å². The SMILES string of the molecule is Cc1cc(C)n(-c2cnc(CN(C)C)c(Nc3ccc(Cl)cc3)n2)n1. The van der Waals surface area contributed by atoms with Gasteiger partial charge in [-0.25, -0.2) is 9.67 Å². The topological polar surface area (TPSA) is 58.9 Å². The van der Waals surface area contributed by atoms with Crippen LogP contribution in [-0.4, -0.2) is 38.7 Å². The molecule has 1 N–H and O–H groups in total. The number of nitrogens with one attached hydrogen (secondary N) is 1. The molecular formula is C18H21ClN6. The van der Waals surface area contributed by atoms with Crippen LogP contribution in [0.1, 0.15) is 17.1 Å². The minimum absolute atomic E-state index is 0.681. The van der Waals surface area contributed by atoms with E-state index in [1.54, 1.807) is 10.9 Å². The Morgan fingerprint density at radius 2 is 1.88 bits per heavy atom. The molecule has 0 amide bonds. The summed E-state index contributed by atoms with van der Waals surface area (Å²) in [7, 11) is 4.01. The highest BCUT2D eigenvalue weighted by atomic mass is 35.5. The Kier molecular flexibility index (Phi) is 5.01. The van der Waals surface area contributed by atoms with Crippen molar-refractivity contribution in [3.05, 3.63) is 58.6 Å². The van der Waals surface area contributed by atoms with Crippen LogP contribution in [-0.2, 0) is 6.54 Å². The van der Waals surface area contributed by atoms with Crippen LogP contribution in [0.25, 0.3) is 5.82 Å². The summed E-state index contributed by atoms with van der Waals surface area (Å²) >= 11 is 5.97. The second-order valence-electron chi connectivity index (χ2n) is 6.23. The van der Waals surface area contributed by atoms with Crippen molar-refractivity contribution < 1.29 is 0 Å². The summed E-state index contributed by atoms with van der Waals surface area (Å²) in [5, 5.41) is 8.53. The summed E-state index contributed by atoms with van der Waals surface area (Å²) in [5.74, 6) is 1.39. The van der Waals surface area contributed by atoms with Crippen molar-refractivity contribution in [1.29, 1.82) is 0 Å². The van der Waals surface area contributed by atoms with Gasteiger partial charge in [0.05, 0.1) is 17.6 Å². The monoisotopic (exact) mass is 356 g/mol. The standard InChI is InChI=1S/C18H21ClN6/c1-12-9-13(2)25(23-12)17-10-20-16(11-24(3)4)18(22-17)21-15-7-5-14(19)6-8-15/h5-10H,11H2,1-4H3,(H,21,22). The molecule has 0 aliphatic heterocycles. The van der Waals surface area contributed by atoms with Crippen molar-refractivity contribution in [2.24, 2.45) is 0 Å². The molecule has 0 aliphatic carbocycles. The van der Waals surface area contributed by atoms with Crippen molar-refractivity contribution in [1.82, 2.24) is 24.6 Å². The Hall–Kier alpha value is -2.44. The predicted octanol–water partition coefficient (Wildman–Crippen LogP) is 3.74. The summed E-state index contributed by atoms with van der Waals surface area (Å²) < 4.78 is 1.80. The van der Waals surface area contributed by atoms with Crippen LogP contribution in [0.15, 0.2) is 36.5 Å². The molecule has 3 aromatic rings. The lowest BCUT2D eigenvalue weighted by molar-refractivity contribution is 0.397. The quantitative estimate of drug-likeness (QED) is 0.754. The van der Waals surface area contributed by atoms with Crippen molar-refractivity contribution in [2.75, 3.05) is 19.4 Å². The van der Waals surface area contributed by atoms with E-state index in [1.165, 1.54) is 0 Å². The average Bonchev–Trinajstić information content (AvgIpc) is 2.89. The number of hydrogen-bond acceptors (Lipinski definition) is 5. The average molecular weight is 357 g/mol. The lowest BCUT2D eigenvalue weighted by atomic mass is 10.3. The van der Waals surface area contributed by atoms with Gasteiger partial charge in [-0.3, -0.25) is 4.98 Å². The molecule has 1 aromatic carbocycles. The smallest absolute Gasteiger partial charge is 0.174 e. The Bertz CT molecular complexity index is 870. The third-order valence-corrected chi connectivity index (χ3v) is 3.89. The largest absolute Gasteiger partial charge is 0.339 e. The second-order valence-corrected chi connectivity index (χ2v) is 6.67. The van der Waals surface area contributed by atoms with Gasteiger partial charge in [0, 0.05) is 22.9 Å². The van der Waals surface area contributed by atoms with E-state index in [4.69, 9.17) is 16.6 Å². The molecule has 25 heavy (non-hydrogen) atoms. The van der Waals surface area contributed by atoms with E-state index in [9.17, 15) is 0 Å². The number of anilines is 2. The summed E-state index contributed by atoms with van der Waals surface area (Å²) in [6, 6.07) is 9.53. The molecular weight excluding hydrogens is 336 g/mol. The molecule has 6 nitrogen and oxygen atoms in total. The molecule has 0 radical (unpaired) electrons. The van der Waals surface area contributed by atoms with E-state index < -0.39 is 0 Å². The molecule has 2 aromatic heterocycles. The summed E-state index contributed by atoms with van der Waals surface area (Å²) in [4.78, 5) is 11.4. The minimum atomic E-state index is 0.681. The Labute approximate surface area is 152 Å². The predicted molar refractivity (Wildman–Crippen MR) is 101 cm³/mol. The lowest BCUT2D eigenvalue weighted by Crippen LogP contribution is -2.15. The second kappa shape index (κ2) is 7.21. The van der Waals surface area contributed by atoms with Gasteiger partial charge in [-0.1, -0.05) is 11.6 Å². The van der Waals surface area contributed by atoms with E-state index in [1.807, 2.05) is 58.3 Å².